The fourth-order valence-electron chi connectivity index (χ4n) is 6.59. The van der Waals surface area contributed by atoms with Crippen molar-refractivity contribution in [1.82, 2.24) is 15.0 Å². The molecule has 0 unspecified atom stereocenters. The molecule has 0 saturated heterocycles. The van der Waals surface area contributed by atoms with Crippen molar-refractivity contribution in [1.29, 1.82) is 0 Å². The normalized spacial score (nSPS) is 11.5. The maximum atomic E-state index is 5.14. The summed E-state index contributed by atoms with van der Waals surface area (Å²) in [6, 6.07) is 57.6. The van der Waals surface area contributed by atoms with Crippen LogP contribution < -0.4 is 0 Å². The standard InChI is InChI=1S/C43H27N3/c1-3-10-28(11-4-1)32-20-18-29-19-21-33(27-34(29)26-32)42-44-41(31-13-5-2-6-14-31)45-43(46-42)40-17-9-16-36-38-23-22-30-12-7-8-15-35(30)37(38)24-25-39(36)40/h1-27H. The van der Waals surface area contributed by atoms with Crippen molar-refractivity contribution >= 4 is 43.1 Å². The molecule has 0 bridgehead atoms. The Labute approximate surface area is 266 Å². The Morgan fingerprint density at radius 2 is 0.804 bits per heavy atom. The summed E-state index contributed by atoms with van der Waals surface area (Å²) in [5.74, 6) is 1.97. The lowest BCUT2D eigenvalue weighted by Crippen LogP contribution is -2.00. The zero-order valence-electron chi connectivity index (χ0n) is 24.9. The van der Waals surface area contributed by atoms with Gasteiger partial charge in [-0.3, -0.25) is 0 Å². The Kier molecular flexibility index (Phi) is 6.14. The number of nitrogens with zero attached hydrogens (tertiary/aromatic N) is 3. The molecule has 0 saturated carbocycles. The van der Waals surface area contributed by atoms with E-state index in [0.717, 1.165) is 27.5 Å². The minimum atomic E-state index is 0.652. The number of rotatable bonds is 4. The van der Waals surface area contributed by atoms with Crippen LogP contribution in [0.4, 0.5) is 0 Å². The minimum Gasteiger partial charge on any atom is -0.208 e. The Hall–Kier alpha value is -6.19. The van der Waals surface area contributed by atoms with Crippen molar-refractivity contribution in [3.8, 4) is 45.3 Å². The van der Waals surface area contributed by atoms with E-state index in [2.05, 4.69) is 140 Å². The second-order valence-corrected chi connectivity index (χ2v) is 11.7. The topological polar surface area (TPSA) is 38.7 Å². The van der Waals surface area contributed by atoms with E-state index in [1.54, 1.807) is 0 Å². The highest BCUT2D eigenvalue weighted by Crippen LogP contribution is 2.36. The number of fused-ring (bicyclic) bond motifs is 6. The molecule has 0 atom stereocenters. The van der Waals surface area contributed by atoms with Gasteiger partial charge in [-0.25, -0.2) is 15.0 Å². The Morgan fingerprint density at radius 3 is 1.63 bits per heavy atom. The van der Waals surface area contributed by atoms with Gasteiger partial charge in [0.2, 0.25) is 0 Å². The molecule has 1 aromatic heterocycles. The van der Waals surface area contributed by atoms with Gasteiger partial charge in [0.1, 0.15) is 0 Å². The molecular weight excluding hydrogens is 558 g/mol. The highest BCUT2D eigenvalue weighted by Gasteiger charge is 2.16. The van der Waals surface area contributed by atoms with Crippen molar-refractivity contribution < 1.29 is 0 Å². The molecular formula is C43H27N3. The van der Waals surface area contributed by atoms with Gasteiger partial charge < -0.3 is 0 Å². The first kappa shape index (κ1) is 26.2. The Bertz CT molecular complexity index is 2570. The smallest absolute Gasteiger partial charge is 0.164 e. The van der Waals surface area contributed by atoms with Crippen LogP contribution in [0, 0.1) is 0 Å². The molecule has 0 N–H and O–H groups in total. The molecule has 1 heterocycles. The third-order valence-electron chi connectivity index (χ3n) is 8.90. The van der Waals surface area contributed by atoms with Crippen molar-refractivity contribution in [2.75, 3.05) is 0 Å². The first-order valence-electron chi connectivity index (χ1n) is 15.5. The van der Waals surface area contributed by atoms with Crippen LogP contribution in [0.5, 0.6) is 0 Å². The van der Waals surface area contributed by atoms with E-state index < -0.39 is 0 Å². The summed E-state index contributed by atoms with van der Waals surface area (Å²) in [5, 5.41) is 9.59. The molecule has 3 heteroatoms. The van der Waals surface area contributed by atoms with Gasteiger partial charge in [-0.05, 0) is 66.3 Å². The van der Waals surface area contributed by atoms with Crippen LogP contribution in [0.1, 0.15) is 0 Å². The van der Waals surface area contributed by atoms with Crippen LogP contribution in [0.3, 0.4) is 0 Å². The molecule has 0 fully saturated rings. The van der Waals surface area contributed by atoms with E-state index in [4.69, 9.17) is 15.0 Å². The molecule has 0 aliphatic rings. The van der Waals surface area contributed by atoms with Gasteiger partial charge in [0, 0.05) is 16.7 Å². The van der Waals surface area contributed by atoms with Crippen LogP contribution in [0.2, 0.25) is 0 Å². The third kappa shape index (κ3) is 4.49. The van der Waals surface area contributed by atoms with Crippen LogP contribution in [-0.4, -0.2) is 15.0 Å². The maximum Gasteiger partial charge on any atom is 0.164 e. The summed E-state index contributed by atoms with van der Waals surface area (Å²) < 4.78 is 0. The lowest BCUT2D eigenvalue weighted by molar-refractivity contribution is 1.08. The van der Waals surface area contributed by atoms with Gasteiger partial charge in [0.05, 0.1) is 0 Å². The quantitative estimate of drug-likeness (QED) is 0.193. The fraction of sp³-hybridized carbons (Fsp3) is 0. The van der Waals surface area contributed by atoms with Crippen LogP contribution in [-0.2, 0) is 0 Å². The van der Waals surface area contributed by atoms with E-state index in [-0.39, 0.29) is 0 Å². The second kappa shape index (κ2) is 10.8. The van der Waals surface area contributed by atoms with Gasteiger partial charge in [-0.2, -0.15) is 0 Å². The van der Waals surface area contributed by atoms with Gasteiger partial charge in [0.25, 0.3) is 0 Å². The fourth-order valence-corrected chi connectivity index (χ4v) is 6.59. The van der Waals surface area contributed by atoms with Crippen molar-refractivity contribution in [2.24, 2.45) is 0 Å². The minimum absolute atomic E-state index is 0.652. The third-order valence-corrected chi connectivity index (χ3v) is 8.90. The molecule has 9 aromatic rings. The molecule has 214 valence electrons. The van der Waals surface area contributed by atoms with Crippen molar-refractivity contribution in [2.45, 2.75) is 0 Å². The summed E-state index contributed by atoms with van der Waals surface area (Å²) in [7, 11) is 0. The average molecular weight is 586 g/mol. The Morgan fingerprint density at radius 1 is 0.261 bits per heavy atom. The molecule has 8 aromatic carbocycles. The molecule has 3 nitrogen and oxygen atoms in total. The number of hydrogen-bond acceptors (Lipinski definition) is 3. The highest BCUT2D eigenvalue weighted by atomic mass is 15.0. The lowest BCUT2D eigenvalue weighted by Gasteiger charge is -2.13. The predicted molar refractivity (Wildman–Crippen MR) is 192 cm³/mol. The first-order valence-corrected chi connectivity index (χ1v) is 15.5. The van der Waals surface area contributed by atoms with E-state index in [1.165, 1.54) is 43.4 Å². The van der Waals surface area contributed by atoms with Crippen LogP contribution in [0.25, 0.3) is 88.4 Å². The maximum absolute atomic E-state index is 5.14. The first-order chi connectivity index (χ1) is 22.8. The van der Waals surface area contributed by atoms with Gasteiger partial charge in [0.15, 0.2) is 17.5 Å². The van der Waals surface area contributed by atoms with E-state index in [9.17, 15) is 0 Å². The van der Waals surface area contributed by atoms with Crippen LogP contribution in [0.15, 0.2) is 164 Å². The van der Waals surface area contributed by atoms with Gasteiger partial charge in [-0.1, -0.05) is 152 Å². The summed E-state index contributed by atoms with van der Waals surface area (Å²) in [4.78, 5) is 15.2. The number of hydrogen-bond donors (Lipinski definition) is 0. The summed E-state index contributed by atoms with van der Waals surface area (Å²) in [5.41, 5.74) is 5.27. The van der Waals surface area contributed by atoms with E-state index in [1.807, 2.05) is 24.3 Å². The summed E-state index contributed by atoms with van der Waals surface area (Å²) in [6.45, 7) is 0. The summed E-state index contributed by atoms with van der Waals surface area (Å²) >= 11 is 0. The lowest BCUT2D eigenvalue weighted by atomic mass is 9.95. The molecule has 0 spiro atoms. The molecule has 0 aliphatic heterocycles. The number of aromatic nitrogens is 3. The largest absolute Gasteiger partial charge is 0.208 e. The van der Waals surface area contributed by atoms with Gasteiger partial charge in [-0.15, -0.1) is 0 Å². The molecule has 0 radical (unpaired) electrons. The highest BCUT2D eigenvalue weighted by molar-refractivity contribution is 6.19. The zero-order chi connectivity index (χ0) is 30.5. The van der Waals surface area contributed by atoms with Crippen LogP contribution >= 0.6 is 0 Å². The van der Waals surface area contributed by atoms with Crippen molar-refractivity contribution in [3.05, 3.63) is 164 Å². The molecule has 46 heavy (non-hydrogen) atoms. The molecule has 0 aliphatic carbocycles. The van der Waals surface area contributed by atoms with Crippen molar-refractivity contribution in [3.63, 3.8) is 0 Å². The molecule has 9 rings (SSSR count). The average Bonchev–Trinajstić information content (AvgIpc) is 3.14. The second-order valence-electron chi connectivity index (χ2n) is 11.7. The summed E-state index contributed by atoms with van der Waals surface area (Å²) in [6.07, 6.45) is 0. The van der Waals surface area contributed by atoms with E-state index in [0.29, 0.717) is 17.5 Å². The predicted octanol–water partition coefficient (Wildman–Crippen LogP) is 11.2. The monoisotopic (exact) mass is 585 g/mol. The zero-order valence-corrected chi connectivity index (χ0v) is 24.9. The Balaban J connectivity index is 1.24. The van der Waals surface area contributed by atoms with E-state index >= 15 is 0 Å². The van der Waals surface area contributed by atoms with Gasteiger partial charge >= 0.3 is 0 Å². The molecule has 0 amide bonds. The number of benzene rings is 8. The SMILES string of the molecule is c1ccc(-c2ccc3ccc(-c4nc(-c5ccccc5)nc(-c5cccc6c5ccc5c7ccccc7ccc65)n4)cc3c2)cc1.